The summed E-state index contributed by atoms with van der Waals surface area (Å²) in [5.41, 5.74) is -2.83. The first-order valence-corrected chi connectivity index (χ1v) is 17.5. The van der Waals surface area contributed by atoms with E-state index in [4.69, 9.17) is 42.1 Å². The number of rotatable bonds is 10. The van der Waals surface area contributed by atoms with Gasteiger partial charge in [0.15, 0.2) is 0 Å². The average Bonchev–Trinajstić information content (AvgIpc) is 3.00. The van der Waals surface area contributed by atoms with Crippen molar-refractivity contribution in [2.45, 2.75) is 48.7 Å². The molecule has 4 rings (SSSR count). The van der Waals surface area contributed by atoms with Crippen LogP contribution in [0.1, 0.15) is 27.7 Å². The second-order valence-electron chi connectivity index (χ2n) is 11.1. The smallest absolute Gasteiger partial charge is 0.744 e. The van der Waals surface area contributed by atoms with Crippen LogP contribution < -0.4 is 18.9 Å². The zero-order valence-corrected chi connectivity index (χ0v) is 32.5. The van der Waals surface area contributed by atoms with Crippen LogP contribution >= 0.6 is 23.2 Å². The number of carbonyl (C=O) groups is 2. The van der Waals surface area contributed by atoms with Gasteiger partial charge >= 0.3 is 49.7 Å². The Morgan fingerprint density at radius 2 is 0.843 bits per heavy atom. The van der Waals surface area contributed by atoms with Crippen LogP contribution in [0.15, 0.2) is 94.7 Å². The van der Waals surface area contributed by atoms with Crippen molar-refractivity contribution in [3.05, 3.63) is 95.0 Å². The van der Waals surface area contributed by atoms with Crippen molar-refractivity contribution in [1.29, 1.82) is 0 Å². The molecule has 0 aromatic heterocycles. The maximum atomic E-state index is 12.3. The Kier molecular flexibility index (Phi) is 15.0. The summed E-state index contributed by atoms with van der Waals surface area (Å²) in [6, 6.07) is 18.4. The standard InChI is InChI=1S/2C16H15ClO7S.Ca/c2*1-16(2,24-11-5-3-10(17)4-6-11)15(19)23-12-7-8-13(18)14(9-12)25(20,21)22;/h2*3-9,18H,1-2H3,(H,20,21,22);/q;;+2/p-2. The minimum atomic E-state index is -4.91. The third-order valence-corrected chi connectivity index (χ3v) is 8.41. The van der Waals surface area contributed by atoms with Crippen molar-refractivity contribution in [2.24, 2.45) is 0 Å². The predicted molar refractivity (Wildman–Crippen MR) is 181 cm³/mol. The van der Waals surface area contributed by atoms with Crippen molar-refractivity contribution >= 4 is 93.1 Å². The van der Waals surface area contributed by atoms with Crippen LogP contribution in [0.25, 0.3) is 0 Å². The minimum Gasteiger partial charge on any atom is -0.744 e. The molecule has 0 atom stereocenters. The fourth-order valence-corrected chi connectivity index (χ4v) is 5.08. The van der Waals surface area contributed by atoms with E-state index in [-0.39, 0.29) is 49.2 Å². The molecular weight excluding hydrogens is 783 g/mol. The second-order valence-corrected chi connectivity index (χ2v) is 14.6. The zero-order valence-electron chi connectivity index (χ0n) is 27.2. The van der Waals surface area contributed by atoms with Crippen molar-refractivity contribution in [1.82, 2.24) is 0 Å². The van der Waals surface area contributed by atoms with Crippen LogP contribution in [0, 0.1) is 0 Å². The van der Waals surface area contributed by atoms with Gasteiger partial charge in [-0.25, -0.2) is 26.4 Å². The summed E-state index contributed by atoms with van der Waals surface area (Å²) >= 11 is 11.5. The molecule has 51 heavy (non-hydrogen) atoms. The van der Waals surface area contributed by atoms with Gasteiger partial charge in [0, 0.05) is 22.2 Å². The molecule has 268 valence electrons. The van der Waals surface area contributed by atoms with Crippen LogP contribution in [0.5, 0.6) is 34.5 Å². The molecule has 19 heteroatoms. The van der Waals surface area contributed by atoms with E-state index >= 15 is 0 Å². The van der Waals surface area contributed by atoms with Crippen LogP contribution in [-0.2, 0) is 29.8 Å². The molecule has 0 heterocycles. The number of phenolic OH excluding ortho intramolecular Hbond substituents is 2. The summed E-state index contributed by atoms with van der Waals surface area (Å²) in [6.07, 6.45) is 0. The molecule has 4 aromatic carbocycles. The summed E-state index contributed by atoms with van der Waals surface area (Å²) < 4.78 is 87.6. The van der Waals surface area contributed by atoms with Gasteiger partial charge in [0.1, 0.15) is 54.7 Å². The number of phenols is 2. The Balaban J connectivity index is 0.000000347. The summed E-state index contributed by atoms with van der Waals surface area (Å²) in [5, 5.41) is 19.9. The van der Waals surface area contributed by atoms with Gasteiger partial charge in [-0.05, 0) is 100 Å². The molecule has 0 fully saturated rings. The van der Waals surface area contributed by atoms with Crippen LogP contribution in [0.2, 0.25) is 10.0 Å². The molecule has 0 radical (unpaired) electrons. The van der Waals surface area contributed by atoms with Gasteiger partial charge in [-0.1, -0.05) is 23.2 Å². The molecule has 0 bridgehead atoms. The Bertz CT molecular complexity index is 1940. The van der Waals surface area contributed by atoms with Gasteiger partial charge in [0.2, 0.25) is 11.2 Å². The fourth-order valence-electron chi connectivity index (χ4n) is 3.65. The van der Waals surface area contributed by atoms with Gasteiger partial charge in [0.25, 0.3) is 0 Å². The van der Waals surface area contributed by atoms with Crippen molar-refractivity contribution in [3.63, 3.8) is 0 Å². The topological polar surface area (TPSA) is 226 Å². The molecule has 0 saturated carbocycles. The molecule has 0 aliphatic carbocycles. The van der Waals surface area contributed by atoms with Crippen molar-refractivity contribution < 1.29 is 64.7 Å². The maximum Gasteiger partial charge on any atom is 2.00 e. The SMILES string of the molecule is CC(C)(Oc1ccc(Cl)cc1)C(=O)Oc1ccc(O)c(S(=O)(=O)[O-])c1.CC(C)(Oc1ccc(Cl)cc1)C(=O)Oc1ccc(O)c(S(=O)(=O)[O-])c1.[Ca+2]. The van der Waals surface area contributed by atoms with E-state index in [9.17, 15) is 45.7 Å². The molecule has 2 N–H and O–H groups in total. The second kappa shape index (κ2) is 17.5. The van der Waals surface area contributed by atoms with E-state index in [0.29, 0.717) is 21.5 Å². The van der Waals surface area contributed by atoms with Crippen molar-refractivity contribution in [3.8, 4) is 34.5 Å². The number of benzene rings is 4. The first-order valence-electron chi connectivity index (χ1n) is 13.9. The largest absolute Gasteiger partial charge is 2.00 e. The van der Waals surface area contributed by atoms with Gasteiger partial charge in [-0.2, -0.15) is 0 Å². The van der Waals surface area contributed by atoms with Gasteiger partial charge in [0.05, 0.1) is 9.79 Å². The number of hydrogen-bond donors (Lipinski definition) is 2. The Labute approximate surface area is 333 Å². The number of esters is 2. The van der Waals surface area contributed by atoms with Gasteiger partial charge in [-0.3, -0.25) is 0 Å². The zero-order chi connectivity index (χ0) is 37.7. The monoisotopic (exact) mass is 810 g/mol. The number of carbonyl (C=O) groups excluding carboxylic acids is 2. The average molecular weight is 812 g/mol. The van der Waals surface area contributed by atoms with E-state index < -0.39 is 64.7 Å². The van der Waals surface area contributed by atoms with Crippen molar-refractivity contribution in [2.75, 3.05) is 0 Å². The molecule has 0 aliphatic heterocycles. The Morgan fingerprint density at radius 3 is 1.12 bits per heavy atom. The maximum absolute atomic E-state index is 12.3. The first kappa shape index (κ1) is 43.8. The van der Waals surface area contributed by atoms with E-state index in [1.54, 1.807) is 48.5 Å². The summed E-state index contributed by atoms with van der Waals surface area (Å²) in [4.78, 5) is 22.8. The molecule has 0 aliphatic rings. The number of aromatic hydroxyl groups is 2. The predicted octanol–water partition coefficient (Wildman–Crippen LogP) is 5.04. The first-order chi connectivity index (χ1) is 23.0. The summed E-state index contributed by atoms with van der Waals surface area (Å²) in [7, 11) is -9.83. The van der Waals surface area contributed by atoms with Crippen LogP contribution in [0.3, 0.4) is 0 Å². The van der Waals surface area contributed by atoms with E-state index in [0.717, 1.165) is 36.4 Å². The van der Waals surface area contributed by atoms with Gasteiger partial charge in [-0.15, -0.1) is 0 Å². The Hall–Kier alpha value is -3.32. The number of ether oxygens (including phenoxy) is 4. The number of hydrogen-bond acceptors (Lipinski definition) is 14. The van der Waals surface area contributed by atoms with E-state index in [1.807, 2.05) is 0 Å². The normalized spacial score (nSPS) is 11.6. The number of halogens is 2. The molecule has 0 saturated heterocycles. The minimum absolute atomic E-state index is 0. The molecule has 0 spiro atoms. The Morgan fingerprint density at radius 1 is 0.569 bits per heavy atom. The van der Waals surface area contributed by atoms with Crippen LogP contribution in [-0.4, -0.2) is 97.0 Å². The molecule has 0 unspecified atom stereocenters. The van der Waals surface area contributed by atoms with Crippen LogP contribution in [0.4, 0.5) is 0 Å². The van der Waals surface area contributed by atoms with E-state index in [1.165, 1.54) is 27.7 Å². The summed E-state index contributed by atoms with van der Waals surface area (Å²) in [6.45, 7) is 5.82. The third kappa shape index (κ3) is 13.0. The molecule has 4 aromatic rings. The quantitative estimate of drug-likeness (QED) is 0.0926. The van der Waals surface area contributed by atoms with Gasteiger partial charge < -0.3 is 38.3 Å². The molecule has 14 nitrogen and oxygen atoms in total. The third-order valence-electron chi connectivity index (χ3n) is 6.18. The fraction of sp³-hybridized carbons (Fsp3) is 0.188. The summed E-state index contributed by atoms with van der Waals surface area (Å²) in [5.74, 6) is -2.81. The molecular formula is C32H28CaCl2O14S2. The van der Waals surface area contributed by atoms with E-state index in [2.05, 4.69) is 0 Å². The molecule has 0 amide bonds.